The molecule has 1 heterocycles. The molecule has 2 aromatic rings. The minimum Gasteiger partial charge on any atom is -0.486 e. The monoisotopic (exact) mass is 537 g/mol. The molecule has 0 aliphatic carbocycles. The number of benzene rings is 2. The number of fused-ring (bicyclic) bond motifs is 1. The molecule has 0 saturated heterocycles. The van der Waals surface area contributed by atoms with Gasteiger partial charge in [-0.25, -0.2) is 0 Å². The predicted octanol–water partition coefficient (Wildman–Crippen LogP) is 3.75. The fourth-order valence-electron chi connectivity index (χ4n) is 2.72. The summed E-state index contributed by atoms with van der Waals surface area (Å²) in [6.07, 6.45) is -4.59. The first-order valence-corrected chi connectivity index (χ1v) is 9.05. The van der Waals surface area contributed by atoms with Crippen molar-refractivity contribution in [1.29, 1.82) is 0 Å². The zero-order valence-electron chi connectivity index (χ0n) is 16.2. The van der Waals surface area contributed by atoms with E-state index in [2.05, 4.69) is 15.6 Å². The van der Waals surface area contributed by atoms with Gasteiger partial charge in [0.2, 0.25) is 0 Å². The predicted molar refractivity (Wildman–Crippen MR) is 118 cm³/mol. The second kappa shape index (κ2) is 11.1. The number of hydrogen-bond acceptors (Lipinski definition) is 4. The Morgan fingerprint density at radius 2 is 1.80 bits per heavy atom. The van der Waals surface area contributed by atoms with E-state index in [0.717, 1.165) is 0 Å². The van der Waals surface area contributed by atoms with E-state index in [-0.39, 0.29) is 42.4 Å². The molecule has 1 unspecified atom stereocenters. The molecule has 1 atom stereocenters. The SMILES string of the molecule is CN=C(NCc1ccccc1OCC(F)(F)F)NCC1COc2ccccc2O1.I. The summed E-state index contributed by atoms with van der Waals surface area (Å²) in [6, 6.07) is 14.0. The Morgan fingerprint density at radius 3 is 2.53 bits per heavy atom. The van der Waals surface area contributed by atoms with Crippen molar-refractivity contribution >= 4 is 29.9 Å². The summed E-state index contributed by atoms with van der Waals surface area (Å²) in [5, 5.41) is 6.19. The summed E-state index contributed by atoms with van der Waals surface area (Å²) < 4.78 is 53.7. The van der Waals surface area contributed by atoms with Crippen LogP contribution in [-0.2, 0) is 6.54 Å². The summed E-state index contributed by atoms with van der Waals surface area (Å²) in [4.78, 5) is 4.12. The first-order chi connectivity index (χ1) is 13.9. The highest BCUT2D eigenvalue weighted by molar-refractivity contribution is 14.0. The summed E-state index contributed by atoms with van der Waals surface area (Å²) >= 11 is 0. The maximum absolute atomic E-state index is 12.4. The molecule has 164 valence electrons. The van der Waals surface area contributed by atoms with Gasteiger partial charge in [-0.3, -0.25) is 4.99 Å². The van der Waals surface area contributed by atoms with Gasteiger partial charge in [0, 0.05) is 19.2 Å². The molecule has 3 rings (SSSR count). The summed E-state index contributed by atoms with van der Waals surface area (Å²) in [5.41, 5.74) is 0.589. The largest absolute Gasteiger partial charge is 0.486 e. The number of guanidine groups is 1. The Labute approximate surface area is 189 Å². The number of halogens is 4. The van der Waals surface area contributed by atoms with Crippen LogP contribution >= 0.6 is 24.0 Å². The van der Waals surface area contributed by atoms with Crippen molar-refractivity contribution in [2.24, 2.45) is 4.99 Å². The summed E-state index contributed by atoms with van der Waals surface area (Å²) in [5.74, 6) is 2.05. The molecule has 0 amide bonds. The molecule has 1 aliphatic rings. The van der Waals surface area contributed by atoms with E-state index in [1.165, 1.54) is 6.07 Å². The normalized spacial score (nSPS) is 15.7. The van der Waals surface area contributed by atoms with Gasteiger partial charge in [-0.05, 0) is 18.2 Å². The van der Waals surface area contributed by atoms with E-state index in [9.17, 15) is 13.2 Å². The van der Waals surface area contributed by atoms with Crippen LogP contribution in [0.5, 0.6) is 17.2 Å². The van der Waals surface area contributed by atoms with Gasteiger partial charge in [-0.1, -0.05) is 30.3 Å². The molecule has 0 bridgehead atoms. The highest BCUT2D eigenvalue weighted by Crippen LogP contribution is 2.30. The molecular weight excluding hydrogens is 514 g/mol. The van der Waals surface area contributed by atoms with Gasteiger partial charge in [0.25, 0.3) is 0 Å². The Hall–Kier alpha value is -2.37. The van der Waals surface area contributed by atoms with E-state index in [0.29, 0.717) is 36.2 Å². The summed E-state index contributed by atoms with van der Waals surface area (Å²) in [6.45, 7) is -0.245. The van der Waals surface area contributed by atoms with Crippen molar-refractivity contribution in [3.8, 4) is 17.2 Å². The fraction of sp³-hybridized carbons (Fsp3) is 0.350. The molecule has 30 heavy (non-hydrogen) atoms. The van der Waals surface area contributed by atoms with Crippen molar-refractivity contribution in [1.82, 2.24) is 10.6 Å². The van der Waals surface area contributed by atoms with Crippen LogP contribution in [0, 0.1) is 0 Å². The second-order valence-corrected chi connectivity index (χ2v) is 6.32. The number of nitrogens with zero attached hydrogens (tertiary/aromatic N) is 1. The van der Waals surface area contributed by atoms with Gasteiger partial charge in [0.1, 0.15) is 18.5 Å². The van der Waals surface area contributed by atoms with Crippen molar-refractivity contribution in [3.05, 3.63) is 54.1 Å². The Kier molecular flexibility index (Phi) is 8.88. The smallest absolute Gasteiger partial charge is 0.422 e. The van der Waals surface area contributed by atoms with Crippen molar-refractivity contribution in [3.63, 3.8) is 0 Å². The quantitative estimate of drug-likeness (QED) is 0.334. The van der Waals surface area contributed by atoms with E-state index in [1.54, 1.807) is 25.2 Å². The highest BCUT2D eigenvalue weighted by Gasteiger charge is 2.28. The van der Waals surface area contributed by atoms with E-state index < -0.39 is 12.8 Å². The molecule has 6 nitrogen and oxygen atoms in total. The van der Waals surface area contributed by atoms with Crippen LogP contribution in [0.2, 0.25) is 0 Å². The molecule has 0 fully saturated rings. The van der Waals surface area contributed by atoms with Crippen LogP contribution in [0.4, 0.5) is 13.2 Å². The molecule has 1 aliphatic heterocycles. The Bertz CT molecular complexity index is 849. The number of rotatable bonds is 6. The van der Waals surface area contributed by atoms with Crippen LogP contribution in [0.25, 0.3) is 0 Å². The molecule has 2 N–H and O–H groups in total. The van der Waals surface area contributed by atoms with Crippen LogP contribution in [0.15, 0.2) is 53.5 Å². The van der Waals surface area contributed by atoms with Crippen LogP contribution in [-0.4, -0.2) is 45.0 Å². The number of aliphatic imine (C=N–C) groups is 1. The van der Waals surface area contributed by atoms with E-state index in [4.69, 9.17) is 14.2 Å². The highest BCUT2D eigenvalue weighted by atomic mass is 127. The van der Waals surface area contributed by atoms with Gasteiger partial charge in [0.05, 0.1) is 6.54 Å². The van der Waals surface area contributed by atoms with Gasteiger partial charge < -0.3 is 24.8 Å². The lowest BCUT2D eigenvalue weighted by molar-refractivity contribution is -0.153. The maximum Gasteiger partial charge on any atom is 0.422 e. The van der Waals surface area contributed by atoms with Crippen molar-refractivity contribution in [2.45, 2.75) is 18.8 Å². The molecule has 10 heteroatoms. The average Bonchev–Trinajstić information content (AvgIpc) is 2.72. The second-order valence-electron chi connectivity index (χ2n) is 6.32. The van der Waals surface area contributed by atoms with Crippen LogP contribution in [0.3, 0.4) is 0 Å². The number of alkyl halides is 3. The molecular formula is C20H23F3IN3O3. The third kappa shape index (κ3) is 7.15. The van der Waals surface area contributed by atoms with E-state index >= 15 is 0 Å². The fourth-order valence-corrected chi connectivity index (χ4v) is 2.72. The molecule has 0 aromatic heterocycles. The van der Waals surface area contributed by atoms with Gasteiger partial charge in [-0.15, -0.1) is 24.0 Å². The molecule has 0 saturated carbocycles. The van der Waals surface area contributed by atoms with Crippen LogP contribution in [0.1, 0.15) is 5.56 Å². The molecule has 0 spiro atoms. The van der Waals surface area contributed by atoms with Crippen molar-refractivity contribution < 1.29 is 27.4 Å². The molecule has 0 radical (unpaired) electrons. The zero-order chi connectivity index (χ0) is 20.7. The lowest BCUT2D eigenvalue weighted by Gasteiger charge is -2.27. The van der Waals surface area contributed by atoms with E-state index in [1.807, 2.05) is 24.3 Å². The first-order valence-electron chi connectivity index (χ1n) is 9.05. The first kappa shape index (κ1) is 23.9. The number of hydrogen-bond donors (Lipinski definition) is 2. The van der Waals surface area contributed by atoms with Gasteiger partial charge in [0.15, 0.2) is 24.1 Å². The lowest BCUT2D eigenvalue weighted by Crippen LogP contribution is -2.45. The standard InChI is InChI=1S/C20H22F3N3O3.HI/c1-24-19(26-11-15-12-27-17-8-4-5-9-18(17)29-15)25-10-14-6-2-3-7-16(14)28-13-20(21,22)23;/h2-9,15H,10-13H2,1H3,(H2,24,25,26);1H. The Balaban J connectivity index is 0.00000320. The topological polar surface area (TPSA) is 64.1 Å². The number of ether oxygens (including phenoxy) is 3. The van der Waals surface area contributed by atoms with Crippen LogP contribution < -0.4 is 24.8 Å². The third-order valence-corrected chi connectivity index (χ3v) is 4.10. The number of nitrogens with one attached hydrogen (secondary N) is 2. The van der Waals surface area contributed by atoms with Gasteiger partial charge in [-0.2, -0.15) is 13.2 Å². The van der Waals surface area contributed by atoms with Crippen molar-refractivity contribution in [2.75, 3.05) is 26.8 Å². The lowest BCUT2D eigenvalue weighted by atomic mass is 10.2. The average molecular weight is 537 g/mol. The minimum atomic E-state index is -4.39. The summed E-state index contributed by atoms with van der Waals surface area (Å²) in [7, 11) is 1.61. The third-order valence-electron chi connectivity index (χ3n) is 4.10. The number of para-hydroxylation sites is 3. The maximum atomic E-state index is 12.4. The Morgan fingerprint density at radius 1 is 1.10 bits per heavy atom. The minimum absolute atomic E-state index is 0. The molecule has 2 aromatic carbocycles. The van der Waals surface area contributed by atoms with Gasteiger partial charge >= 0.3 is 6.18 Å². The zero-order valence-corrected chi connectivity index (χ0v) is 18.6.